The first-order valence-corrected chi connectivity index (χ1v) is 11.7. The SMILES string of the molecule is O=[N+]([O-])c1ccc(OCC2CCC(CN(Cc3ccccc3)Cc3ccccc3)CC2)nc1. The second kappa shape index (κ2) is 11.6. The average Bonchev–Trinajstić information content (AvgIpc) is 2.85. The van der Waals surface area contributed by atoms with Gasteiger partial charge in [-0.3, -0.25) is 15.0 Å². The van der Waals surface area contributed by atoms with Crippen LogP contribution in [0.4, 0.5) is 5.69 Å². The number of benzene rings is 2. The predicted molar refractivity (Wildman–Crippen MR) is 129 cm³/mol. The van der Waals surface area contributed by atoms with E-state index in [4.69, 9.17) is 4.74 Å². The molecule has 172 valence electrons. The zero-order chi connectivity index (χ0) is 22.9. The van der Waals surface area contributed by atoms with E-state index in [0.29, 0.717) is 24.3 Å². The fourth-order valence-corrected chi connectivity index (χ4v) is 4.58. The molecule has 6 nitrogen and oxygen atoms in total. The predicted octanol–water partition coefficient (Wildman–Crippen LogP) is 5.88. The Bertz CT molecular complexity index is 947. The van der Waals surface area contributed by atoms with Crippen LogP contribution in [-0.2, 0) is 13.1 Å². The molecular weight excluding hydrogens is 414 g/mol. The Hall–Kier alpha value is -3.25. The van der Waals surface area contributed by atoms with Crippen molar-refractivity contribution in [3.8, 4) is 5.88 Å². The van der Waals surface area contributed by atoms with E-state index in [2.05, 4.69) is 70.5 Å². The molecule has 1 aliphatic rings. The smallest absolute Gasteiger partial charge is 0.287 e. The van der Waals surface area contributed by atoms with E-state index in [-0.39, 0.29) is 5.69 Å². The fraction of sp³-hybridized carbons (Fsp3) is 0.370. The first-order valence-electron chi connectivity index (χ1n) is 11.7. The molecule has 3 aromatic rings. The summed E-state index contributed by atoms with van der Waals surface area (Å²) in [6, 6.07) is 24.4. The Morgan fingerprint density at radius 3 is 1.94 bits per heavy atom. The Balaban J connectivity index is 1.27. The highest BCUT2D eigenvalue weighted by atomic mass is 16.6. The summed E-state index contributed by atoms with van der Waals surface area (Å²) in [5.41, 5.74) is 2.69. The molecule has 1 fully saturated rings. The van der Waals surface area contributed by atoms with Gasteiger partial charge in [-0.25, -0.2) is 4.98 Å². The number of hydrogen-bond donors (Lipinski definition) is 0. The van der Waals surface area contributed by atoms with Gasteiger partial charge >= 0.3 is 0 Å². The fourth-order valence-electron chi connectivity index (χ4n) is 4.58. The van der Waals surface area contributed by atoms with E-state index in [1.54, 1.807) is 6.07 Å². The second-order valence-corrected chi connectivity index (χ2v) is 8.95. The quantitative estimate of drug-likeness (QED) is 0.288. The Kier molecular flexibility index (Phi) is 8.04. The van der Waals surface area contributed by atoms with Crippen LogP contribution in [-0.4, -0.2) is 28.0 Å². The number of nitro groups is 1. The van der Waals surface area contributed by atoms with E-state index in [9.17, 15) is 10.1 Å². The van der Waals surface area contributed by atoms with Crippen LogP contribution in [0.2, 0.25) is 0 Å². The Labute approximate surface area is 195 Å². The van der Waals surface area contributed by atoms with Crippen molar-refractivity contribution in [1.82, 2.24) is 9.88 Å². The van der Waals surface area contributed by atoms with Gasteiger partial charge in [0.2, 0.25) is 5.88 Å². The molecule has 2 aromatic carbocycles. The minimum atomic E-state index is -0.447. The number of aromatic nitrogens is 1. The molecule has 4 rings (SSSR count). The average molecular weight is 446 g/mol. The molecule has 1 heterocycles. The number of rotatable bonds is 10. The third-order valence-corrected chi connectivity index (χ3v) is 6.38. The van der Waals surface area contributed by atoms with E-state index in [1.165, 1.54) is 36.2 Å². The lowest BCUT2D eigenvalue weighted by Crippen LogP contribution is -2.32. The Morgan fingerprint density at radius 2 is 1.42 bits per heavy atom. The van der Waals surface area contributed by atoms with Crippen molar-refractivity contribution in [3.63, 3.8) is 0 Å². The van der Waals surface area contributed by atoms with Crippen LogP contribution in [0.5, 0.6) is 5.88 Å². The summed E-state index contributed by atoms with van der Waals surface area (Å²) < 4.78 is 5.81. The lowest BCUT2D eigenvalue weighted by molar-refractivity contribution is -0.385. The van der Waals surface area contributed by atoms with E-state index < -0.39 is 4.92 Å². The highest BCUT2D eigenvalue weighted by molar-refractivity contribution is 5.28. The maximum Gasteiger partial charge on any atom is 0.287 e. The van der Waals surface area contributed by atoms with Crippen LogP contribution in [0.15, 0.2) is 79.0 Å². The molecule has 0 radical (unpaired) electrons. The highest BCUT2D eigenvalue weighted by Crippen LogP contribution is 2.30. The van der Waals surface area contributed by atoms with E-state index in [1.807, 2.05) is 0 Å². The summed E-state index contributed by atoms with van der Waals surface area (Å²) in [5, 5.41) is 10.8. The van der Waals surface area contributed by atoms with Gasteiger partial charge in [0.1, 0.15) is 6.20 Å². The van der Waals surface area contributed by atoms with Crippen molar-refractivity contribution < 1.29 is 9.66 Å². The van der Waals surface area contributed by atoms with Crippen molar-refractivity contribution >= 4 is 5.69 Å². The Morgan fingerprint density at radius 1 is 0.848 bits per heavy atom. The monoisotopic (exact) mass is 445 g/mol. The van der Waals surface area contributed by atoms with Crippen molar-refractivity contribution in [2.75, 3.05) is 13.2 Å². The molecule has 0 atom stereocenters. The number of pyridine rings is 1. The van der Waals surface area contributed by atoms with Crippen LogP contribution in [0, 0.1) is 22.0 Å². The van der Waals surface area contributed by atoms with Crippen LogP contribution in [0.3, 0.4) is 0 Å². The lowest BCUT2D eigenvalue weighted by Gasteiger charge is -2.33. The van der Waals surface area contributed by atoms with Gasteiger partial charge in [-0.05, 0) is 48.6 Å². The molecule has 0 unspecified atom stereocenters. The lowest BCUT2D eigenvalue weighted by atomic mass is 9.82. The van der Waals surface area contributed by atoms with Gasteiger partial charge in [0, 0.05) is 31.8 Å². The first-order chi connectivity index (χ1) is 16.2. The van der Waals surface area contributed by atoms with Gasteiger partial charge in [-0.1, -0.05) is 60.7 Å². The van der Waals surface area contributed by atoms with Gasteiger partial charge < -0.3 is 4.74 Å². The van der Waals surface area contributed by atoms with Crippen LogP contribution >= 0.6 is 0 Å². The molecular formula is C27H31N3O3. The van der Waals surface area contributed by atoms with Gasteiger partial charge in [-0.15, -0.1) is 0 Å². The minimum Gasteiger partial charge on any atom is -0.477 e. The molecule has 1 saturated carbocycles. The van der Waals surface area contributed by atoms with Crippen molar-refractivity contribution in [3.05, 3.63) is 100 Å². The molecule has 1 aromatic heterocycles. The molecule has 0 N–H and O–H groups in total. The summed E-state index contributed by atoms with van der Waals surface area (Å²) in [6.07, 6.45) is 5.92. The molecule has 33 heavy (non-hydrogen) atoms. The molecule has 0 bridgehead atoms. The third-order valence-electron chi connectivity index (χ3n) is 6.38. The van der Waals surface area contributed by atoms with Crippen molar-refractivity contribution in [1.29, 1.82) is 0 Å². The first kappa shape index (κ1) is 22.9. The van der Waals surface area contributed by atoms with Gasteiger partial charge in [0.05, 0.1) is 11.5 Å². The number of ether oxygens (including phenoxy) is 1. The van der Waals surface area contributed by atoms with Crippen molar-refractivity contribution in [2.24, 2.45) is 11.8 Å². The summed E-state index contributed by atoms with van der Waals surface area (Å²) in [5.74, 6) is 1.65. The molecule has 0 saturated heterocycles. The summed E-state index contributed by atoms with van der Waals surface area (Å²) >= 11 is 0. The topological polar surface area (TPSA) is 68.5 Å². The standard InChI is InChI=1S/C27H31N3O3/c31-30(32)26-15-16-27(28-17-26)33-21-25-13-11-24(12-14-25)20-29(18-22-7-3-1-4-8-22)19-23-9-5-2-6-10-23/h1-10,15-17,24-25H,11-14,18-21H2. The summed E-state index contributed by atoms with van der Waals surface area (Å²) in [6.45, 7) is 3.64. The van der Waals surface area contributed by atoms with Gasteiger partial charge in [0.15, 0.2) is 0 Å². The van der Waals surface area contributed by atoms with E-state index >= 15 is 0 Å². The molecule has 6 heteroatoms. The van der Waals surface area contributed by atoms with Gasteiger partial charge in [-0.2, -0.15) is 0 Å². The highest BCUT2D eigenvalue weighted by Gasteiger charge is 2.24. The third kappa shape index (κ3) is 7.12. The van der Waals surface area contributed by atoms with Crippen LogP contribution < -0.4 is 4.74 Å². The maximum absolute atomic E-state index is 10.8. The zero-order valence-electron chi connectivity index (χ0n) is 18.9. The molecule has 1 aliphatic carbocycles. The minimum absolute atomic E-state index is 0.0154. The van der Waals surface area contributed by atoms with Crippen LogP contribution in [0.25, 0.3) is 0 Å². The normalized spacial score (nSPS) is 18.2. The summed E-state index contributed by atoms with van der Waals surface area (Å²) in [4.78, 5) is 16.9. The number of hydrogen-bond acceptors (Lipinski definition) is 5. The maximum atomic E-state index is 10.8. The number of nitrogens with zero attached hydrogens (tertiary/aromatic N) is 3. The van der Waals surface area contributed by atoms with Crippen molar-refractivity contribution in [2.45, 2.75) is 38.8 Å². The molecule has 0 spiro atoms. The largest absolute Gasteiger partial charge is 0.477 e. The van der Waals surface area contributed by atoms with E-state index in [0.717, 1.165) is 32.5 Å². The summed E-state index contributed by atoms with van der Waals surface area (Å²) in [7, 11) is 0. The van der Waals surface area contributed by atoms with Crippen LogP contribution in [0.1, 0.15) is 36.8 Å². The molecule has 0 amide bonds. The zero-order valence-corrected chi connectivity index (χ0v) is 18.9. The van der Waals surface area contributed by atoms with Gasteiger partial charge in [0.25, 0.3) is 5.69 Å². The second-order valence-electron chi connectivity index (χ2n) is 8.95. The molecule has 0 aliphatic heterocycles.